The number of hydrogen-bond acceptors (Lipinski definition) is 15. The van der Waals surface area contributed by atoms with E-state index in [9.17, 15) is 43.2 Å². The van der Waals surface area contributed by atoms with Crippen LogP contribution in [0, 0.1) is 5.92 Å². The Bertz CT molecular complexity index is 1430. The second-order valence-corrected chi connectivity index (χ2v) is 22.4. The number of carbonyl (C=O) groups excluding carboxylic acids is 4. The highest BCUT2D eigenvalue weighted by atomic mass is 31.2. The third-order valence-electron chi connectivity index (χ3n) is 12.4. The Kier molecular flexibility index (Phi) is 46.2. The monoisotopic (exact) mass is 1070 g/mol. The van der Waals surface area contributed by atoms with Crippen LogP contribution in [0.15, 0.2) is 0 Å². The van der Waals surface area contributed by atoms with E-state index in [1.54, 1.807) is 0 Å². The van der Waals surface area contributed by atoms with Crippen molar-refractivity contribution in [3.05, 3.63) is 0 Å². The standard InChI is InChI=1S/C53H102O17P2/c1-6-10-13-16-19-22-27-32-37-51(56)64-43-49(70-53(58)39-34-29-24-23-25-30-35-46(5)9-4)45-68-72(61,62)66-41-47(54)40-65-71(59,60)67-44-48(69-52(57)38-33-28-21-18-15-12-8-3)42-63-50(55)36-31-26-20-17-14-11-7-2/h46-49,54H,6-45H2,1-5H3,(H,59,60)(H,61,62)/t46?,47-,48+,49+/m0/s1. The molecule has 3 N–H and O–H groups in total. The molecule has 0 radical (unpaired) electrons. The number of ether oxygens (including phenoxy) is 4. The van der Waals surface area contributed by atoms with Crippen molar-refractivity contribution in [2.75, 3.05) is 39.6 Å². The molecule has 0 saturated carbocycles. The van der Waals surface area contributed by atoms with Gasteiger partial charge >= 0.3 is 39.5 Å². The van der Waals surface area contributed by atoms with Crippen molar-refractivity contribution in [3.8, 4) is 0 Å². The van der Waals surface area contributed by atoms with E-state index in [1.807, 2.05) is 0 Å². The number of rotatable bonds is 53. The Morgan fingerprint density at radius 2 is 0.667 bits per heavy atom. The van der Waals surface area contributed by atoms with Gasteiger partial charge in [-0.1, -0.05) is 202 Å². The number of aliphatic hydroxyl groups is 1. The van der Waals surface area contributed by atoms with Gasteiger partial charge in [0, 0.05) is 25.7 Å². The molecule has 0 bridgehead atoms. The first-order chi connectivity index (χ1) is 34.6. The van der Waals surface area contributed by atoms with Gasteiger partial charge in [0.25, 0.3) is 0 Å². The zero-order valence-electron chi connectivity index (χ0n) is 45.5. The fraction of sp³-hybridized carbons (Fsp3) is 0.925. The summed E-state index contributed by atoms with van der Waals surface area (Å²) in [5, 5.41) is 10.4. The minimum atomic E-state index is -4.93. The SMILES string of the molecule is CCCCCCCCCCC(=O)OC[C@H](COP(=O)(O)OC[C@@H](O)COP(=O)(O)OC[C@@H](COC(=O)CCCCCCCCC)OC(=O)CCCCCCCCC)OC(=O)CCCCCCCCC(C)CC. The Labute approximate surface area is 435 Å². The van der Waals surface area contributed by atoms with Gasteiger partial charge in [-0.25, -0.2) is 9.13 Å². The van der Waals surface area contributed by atoms with Crippen molar-refractivity contribution in [2.24, 2.45) is 5.92 Å². The summed E-state index contributed by atoms with van der Waals surface area (Å²) in [6.07, 6.45) is 26.9. The second kappa shape index (κ2) is 47.5. The van der Waals surface area contributed by atoms with E-state index in [4.69, 9.17) is 37.0 Å². The third-order valence-corrected chi connectivity index (χ3v) is 14.3. The first kappa shape index (κ1) is 70.1. The molecule has 17 nitrogen and oxygen atoms in total. The quantitative estimate of drug-likeness (QED) is 0.0222. The van der Waals surface area contributed by atoms with E-state index in [-0.39, 0.29) is 25.7 Å². The van der Waals surface area contributed by atoms with Crippen LogP contribution in [0.25, 0.3) is 0 Å². The molecule has 0 aromatic rings. The van der Waals surface area contributed by atoms with Crippen LogP contribution in [0.2, 0.25) is 0 Å². The van der Waals surface area contributed by atoms with Gasteiger partial charge in [-0.05, 0) is 31.6 Å². The largest absolute Gasteiger partial charge is 0.472 e. The Balaban J connectivity index is 5.20. The number of esters is 4. The number of aliphatic hydroxyl groups excluding tert-OH is 1. The minimum Gasteiger partial charge on any atom is -0.462 e. The zero-order chi connectivity index (χ0) is 53.6. The van der Waals surface area contributed by atoms with E-state index in [0.29, 0.717) is 25.7 Å². The van der Waals surface area contributed by atoms with Crippen molar-refractivity contribution in [3.63, 3.8) is 0 Å². The van der Waals surface area contributed by atoms with Crippen LogP contribution in [0.1, 0.15) is 253 Å². The zero-order valence-corrected chi connectivity index (χ0v) is 47.3. The predicted molar refractivity (Wildman–Crippen MR) is 280 cm³/mol. The summed E-state index contributed by atoms with van der Waals surface area (Å²) in [6, 6.07) is 0. The molecule has 72 heavy (non-hydrogen) atoms. The summed E-state index contributed by atoms with van der Waals surface area (Å²) in [4.78, 5) is 71.3. The predicted octanol–water partition coefficient (Wildman–Crippen LogP) is 13.5. The van der Waals surface area contributed by atoms with E-state index in [0.717, 1.165) is 128 Å². The molecular formula is C53H102O17P2. The highest BCUT2D eigenvalue weighted by Crippen LogP contribution is 2.45. The molecular weight excluding hydrogens is 971 g/mol. The number of unbranched alkanes of at least 4 members (excludes halogenated alkanes) is 24. The molecule has 0 aromatic heterocycles. The van der Waals surface area contributed by atoms with Crippen molar-refractivity contribution >= 4 is 39.5 Å². The molecule has 3 unspecified atom stereocenters. The number of phosphoric acid groups is 2. The summed E-state index contributed by atoms with van der Waals surface area (Å²) < 4.78 is 67.2. The van der Waals surface area contributed by atoms with Gasteiger partial charge < -0.3 is 33.8 Å². The van der Waals surface area contributed by atoms with Crippen molar-refractivity contribution < 1.29 is 80.2 Å². The van der Waals surface area contributed by atoms with Gasteiger partial charge in [0.1, 0.15) is 19.3 Å². The van der Waals surface area contributed by atoms with Crippen molar-refractivity contribution in [1.29, 1.82) is 0 Å². The molecule has 19 heteroatoms. The van der Waals surface area contributed by atoms with Gasteiger partial charge in [-0.3, -0.25) is 37.3 Å². The third kappa shape index (κ3) is 46.6. The number of carbonyl (C=O) groups is 4. The Morgan fingerprint density at radius 1 is 0.389 bits per heavy atom. The van der Waals surface area contributed by atoms with Crippen LogP contribution in [0.4, 0.5) is 0 Å². The summed E-state index contributed by atoms with van der Waals surface area (Å²) in [7, 11) is -9.85. The van der Waals surface area contributed by atoms with Crippen LogP contribution in [0.5, 0.6) is 0 Å². The van der Waals surface area contributed by atoms with Gasteiger partial charge in [-0.15, -0.1) is 0 Å². The molecule has 0 spiro atoms. The lowest BCUT2D eigenvalue weighted by Crippen LogP contribution is -2.30. The van der Waals surface area contributed by atoms with E-state index in [2.05, 4.69) is 34.6 Å². The Morgan fingerprint density at radius 3 is 0.986 bits per heavy atom. The molecule has 0 aliphatic heterocycles. The topological polar surface area (TPSA) is 237 Å². The van der Waals surface area contributed by atoms with E-state index in [1.165, 1.54) is 44.9 Å². The normalized spacial score (nSPS) is 14.9. The molecule has 0 saturated heterocycles. The number of hydrogen-bond donors (Lipinski definition) is 3. The van der Waals surface area contributed by atoms with Gasteiger partial charge in [0.2, 0.25) is 0 Å². The van der Waals surface area contributed by atoms with Gasteiger partial charge in [0.15, 0.2) is 12.2 Å². The lowest BCUT2D eigenvalue weighted by molar-refractivity contribution is -0.161. The Hall–Kier alpha value is -1.94. The minimum absolute atomic E-state index is 0.103. The average Bonchev–Trinajstić information content (AvgIpc) is 3.35. The van der Waals surface area contributed by atoms with E-state index >= 15 is 0 Å². The highest BCUT2D eigenvalue weighted by molar-refractivity contribution is 7.47. The molecule has 0 heterocycles. The smallest absolute Gasteiger partial charge is 0.462 e. The van der Waals surface area contributed by atoms with Crippen molar-refractivity contribution in [1.82, 2.24) is 0 Å². The fourth-order valence-electron chi connectivity index (χ4n) is 7.61. The molecule has 0 amide bonds. The van der Waals surface area contributed by atoms with Gasteiger partial charge in [0.05, 0.1) is 26.4 Å². The second-order valence-electron chi connectivity index (χ2n) is 19.5. The summed E-state index contributed by atoms with van der Waals surface area (Å²) in [5.74, 6) is -1.44. The van der Waals surface area contributed by atoms with Crippen LogP contribution < -0.4 is 0 Å². The molecule has 0 aliphatic rings. The molecule has 0 aliphatic carbocycles. The maximum Gasteiger partial charge on any atom is 0.472 e. The molecule has 0 aromatic carbocycles. The maximum absolute atomic E-state index is 12.8. The van der Waals surface area contributed by atoms with Crippen molar-refractivity contribution in [2.45, 2.75) is 271 Å². The summed E-state index contributed by atoms with van der Waals surface area (Å²) in [6.45, 7) is 6.94. The average molecular weight is 1070 g/mol. The molecule has 6 atom stereocenters. The van der Waals surface area contributed by atoms with Crippen LogP contribution in [-0.4, -0.2) is 96.7 Å². The lowest BCUT2D eigenvalue weighted by atomic mass is 10.00. The molecule has 426 valence electrons. The van der Waals surface area contributed by atoms with Crippen LogP contribution >= 0.6 is 15.6 Å². The highest BCUT2D eigenvalue weighted by Gasteiger charge is 2.30. The molecule has 0 fully saturated rings. The van der Waals surface area contributed by atoms with Crippen LogP contribution in [-0.2, 0) is 65.4 Å². The maximum atomic E-state index is 12.8. The summed E-state index contributed by atoms with van der Waals surface area (Å²) in [5.41, 5.74) is 0. The van der Waals surface area contributed by atoms with Crippen LogP contribution in [0.3, 0.4) is 0 Å². The first-order valence-corrected chi connectivity index (χ1v) is 31.2. The fourth-order valence-corrected chi connectivity index (χ4v) is 9.18. The van der Waals surface area contributed by atoms with E-state index < -0.39 is 97.5 Å². The molecule has 0 rings (SSSR count). The lowest BCUT2D eigenvalue weighted by Gasteiger charge is -2.21. The summed E-state index contributed by atoms with van der Waals surface area (Å²) >= 11 is 0. The first-order valence-electron chi connectivity index (χ1n) is 28.2. The number of phosphoric ester groups is 2. The van der Waals surface area contributed by atoms with Gasteiger partial charge in [-0.2, -0.15) is 0 Å².